The van der Waals surface area contributed by atoms with Crippen molar-refractivity contribution in [2.45, 2.75) is 141 Å². The van der Waals surface area contributed by atoms with Gasteiger partial charge in [-0.2, -0.15) is 0 Å². The molecule has 0 aromatic heterocycles. The number of carbonyl (C=O) groups excluding carboxylic acids is 2. The minimum atomic E-state index is -1.29. The van der Waals surface area contributed by atoms with Gasteiger partial charge in [-0.3, -0.25) is 4.79 Å². The summed E-state index contributed by atoms with van der Waals surface area (Å²) in [7, 11) is 3.40. The second kappa shape index (κ2) is 23.0. The largest absolute Gasteiger partial charge is 0.459 e. The summed E-state index contributed by atoms with van der Waals surface area (Å²) in [6.45, 7) is 8.92. The van der Waals surface area contributed by atoms with Gasteiger partial charge in [0, 0.05) is 51.1 Å². The van der Waals surface area contributed by atoms with Crippen molar-refractivity contribution < 1.29 is 38.9 Å². The normalized spacial score (nSPS) is 24.6. The van der Waals surface area contributed by atoms with Crippen LogP contribution in [0.5, 0.6) is 11.5 Å². The van der Waals surface area contributed by atoms with Crippen molar-refractivity contribution >= 4 is 17.7 Å². The molecule has 1 fully saturated rings. The van der Waals surface area contributed by atoms with E-state index in [0.29, 0.717) is 43.7 Å². The van der Waals surface area contributed by atoms with E-state index in [1.807, 2.05) is 31.0 Å². The number of nitrogens with one attached hydrogen (secondary N) is 1. The van der Waals surface area contributed by atoms with E-state index in [-0.39, 0.29) is 43.5 Å². The number of aliphatic hydroxyl groups excluding tert-OH is 2. The molecule has 0 bridgehead atoms. The van der Waals surface area contributed by atoms with Crippen molar-refractivity contribution in [1.29, 1.82) is 0 Å². The first-order valence-electron chi connectivity index (χ1n) is 21.1. The van der Waals surface area contributed by atoms with Crippen LogP contribution in [0.15, 0.2) is 47.7 Å². The summed E-state index contributed by atoms with van der Waals surface area (Å²) in [6, 6.07) is 4.96. The van der Waals surface area contributed by atoms with E-state index >= 15 is 0 Å². The summed E-state index contributed by atoms with van der Waals surface area (Å²) < 4.78 is 19.8. The summed E-state index contributed by atoms with van der Waals surface area (Å²) in [6.07, 6.45) is 19.5. The van der Waals surface area contributed by atoms with Crippen molar-refractivity contribution in [3.05, 3.63) is 48.1 Å². The Balaban J connectivity index is 1.79. The molecule has 0 saturated heterocycles. The standard InChI is InChI=1S/C44H69N3O8/c1-6-9-10-11-12-13-14-15-16-23-40(50)47(4)39-31-37(46-52-5)35-29-32(21-17-19-26-48)34(22-18-20-27-49)41-36-30-33(54-43(51)45-8-3)24-25-38(36)55-44(39,42(35)41)53-28-7-2/h7,24-25,29-30,32,34,39,41-42,48-49H,2,6,8-23,26-28,31H2,1,3-5H3,(H,45,51). The molecular weight excluding hydrogens is 698 g/mol. The van der Waals surface area contributed by atoms with Crippen LogP contribution in [0.1, 0.15) is 134 Å². The highest BCUT2D eigenvalue weighted by Crippen LogP contribution is 2.61. The van der Waals surface area contributed by atoms with Crippen LogP contribution in [0.3, 0.4) is 0 Å². The molecule has 55 heavy (non-hydrogen) atoms. The SMILES string of the molecule is C=CCOC12Oc3ccc(OC(=O)NCC)cc3C3C(CCCCO)C(CCCCO)C=C(C(=NOC)CC1N(C)C(=O)CCCCCCCCCCC)C32. The highest BCUT2D eigenvalue weighted by atomic mass is 16.7. The summed E-state index contributed by atoms with van der Waals surface area (Å²) in [5.74, 6) is -0.624. The third-order valence-corrected chi connectivity index (χ3v) is 11.7. The Morgan fingerprint density at radius 3 is 2.35 bits per heavy atom. The summed E-state index contributed by atoms with van der Waals surface area (Å²) in [5.41, 5.74) is 2.63. The molecule has 0 radical (unpaired) electrons. The maximum absolute atomic E-state index is 14.1. The maximum atomic E-state index is 14.1. The molecule has 11 nitrogen and oxygen atoms in total. The highest BCUT2D eigenvalue weighted by Gasteiger charge is 2.65. The molecule has 6 unspecified atom stereocenters. The van der Waals surface area contributed by atoms with E-state index < -0.39 is 23.8 Å². The molecular formula is C44H69N3O8. The molecule has 3 aliphatic rings. The second-order valence-electron chi connectivity index (χ2n) is 15.5. The Hall–Kier alpha value is -3.41. The lowest BCUT2D eigenvalue weighted by Crippen LogP contribution is -2.69. The number of allylic oxidation sites excluding steroid dienone is 1. The predicted octanol–water partition coefficient (Wildman–Crippen LogP) is 8.44. The van der Waals surface area contributed by atoms with E-state index in [1.165, 1.54) is 38.5 Å². The molecule has 1 aliphatic heterocycles. The van der Waals surface area contributed by atoms with E-state index in [9.17, 15) is 19.8 Å². The van der Waals surface area contributed by atoms with Gasteiger partial charge in [-0.15, -0.1) is 6.58 Å². The zero-order valence-corrected chi connectivity index (χ0v) is 34.1. The van der Waals surface area contributed by atoms with Crippen LogP contribution in [-0.2, 0) is 14.4 Å². The Bertz CT molecular complexity index is 1430. The monoisotopic (exact) mass is 768 g/mol. The summed E-state index contributed by atoms with van der Waals surface area (Å²) >= 11 is 0. The Morgan fingerprint density at radius 2 is 1.69 bits per heavy atom. The number of hydrogen-bond acceptors (Lipinski definition) is 9. The van der Waals surface area contributed by atoms with Gasteiger partial charge in [-0.25, -0.2) is 4.79 Å². The van der Waals surface area contributed by atoms with Crippen LogP contribution >= 0.6 is 0 Å². The van der Waals surface area contributed by atoms with Gasteiger partial charge in [0.25, 0.3) is 0 Å². The highest BCUT2D eigenvalue weighted by molar-refractivity contribution is 6.03. The van der Waals surface area contributed by atoms with Crippen molar-refractivity contribution in [3.8, 4) is 11.5 Å². The molecule has 308 valence electrons. The lowest BCUT2D eigenvalue weighted by molar-refractivity contribution is -0.255. The van der Waals surface area contributed by atoms with Gasteiger partial charge in [0.2, 0.25) is 11.7 Å². The minimum absolute atomic E-state index is 0.0348. The first kappa shape index (κ1) is 44.3. The van der Waals surface area contributed by atoms with Gasteiger partial charge in [0.1, 0.15) is 24.7 Å². The Labute approximate surface area is 329 Å². The van der Waals surface area contributed by atoms with Crippen LogP contribution in [0, 0.1) is 17.8 Å². The maximum Gasteiger partial charge on any atom is 0.412 e. The smallest absolute Gasteiger partial charge is 0.412 e. The molecule has 1 aromatic rings. The van der Waals surface area contributed by atoms with Crippen LogP contribution < -0.4 is 14.8 Å². The van der Waals surface area contributed by atoms with Crippen LogP contribution in [0.25, 0.3) is 0 Å². The van der Waals surface area contributed by atoms with Crippen LogP contribution in [-0.4, -0.2) is 85.2 Å². The number of benzene rings is 1. The first-order chi connectivity index (χ1) is 26.8. The average molecular weight is 768 g/mol. The number of amides is 2. The van der Waals surface area contributed by atoms with Crippen molar-refractivity contribution in [2.24, 2.45) is 22.9 Å². The number of nitrogens with zero attached hydrogens (tertiary/aromatic N) is 2. The fraction of sp³-hybridized carbons (Fsp3) is 0.705. The van der Waals surface area contributed by atoms with E-state index in [4.69, 9.17) is 19.0 Å². The first-order valence-corrected chi connectivity index (χ1v) is 21.1. The van der Waals surface area contributed by atoms with Gasteiger partial charge < -0.3 is 39.5 Å². The Morgan fingerprint density at radius 1 is 1.00 bits per heavy atom. The molecule has 2 amide bonds. The summed E-state index contributed by atoms with van der Waals surface area (Å²) in [4.78, 5) is 34.1. The number of ether oxygens (including phenoxy) is 3. The van der Waals surface area contributed by atoms with Gasteiger partial charge in [0.05, 0.1) is 18.2 Å². The molecule has 1 aromatic carbocycles. The van der Waals surface area contributed by atoms with E-state index in [2.05, 4.69) is 30.1 Å². The average Bonchev–Trinajstić information content (AvgIpc) is 3.18. The zero-order chi connectivity index (χ0) is 39.6. The lowest BCUT2D eigenvalue weighted by atomic mass is 9.55. The van der Waals surface area contributed by atoms with Gasteiger partial charge in [0.15, 0.2) is 0 Å². The molecule has 1 heterocycles. The number of aliphatic hydroxyl groups is 2. The number of unbranched alkanes of at least 4 members (excludes halogenated alkanes) is 10. The third kappa shape index (κ3) is 11.3. The van der Waals surface area contributed by atoms with Crippen molar-refractivity contribution in [3.63, 3.8) is 0 Å². The number of hydrogen-bond donors (Lipinski definition) is 3. The van der Waals surface area contributed by atoms with E-state index in [1.54, 1.807) is 19.3 Å². The van der Waals surface area contributed by atoms with Gasteiger partial charge in [-0.05, 0) is 74.6 Å². The third-order valence-electron chi connectivity index (χ3n) is 11.7. The van der Waals surface area contributed by atoms with Crippen LogP contribution in [0.4, 0.5) is 4.79 Å². The molecule has 1 saturated carbocycles. The Kier molecular flexibility index (Phi) is 18.5. The van der Waals surface area contributed by atoms with Gasteiger partial charge >= 0.3 is 6.09 Å². The zero-order valence-electron chi connectivity index (χ0n) is 34.1. The molecule has 2 aliphatic carbocycles. The molecule has 0 spiro atoms. The van der Waals surface area contributed by atoms with Crippen LogP contribution in [0.2, 0.25) is 0 Å². The number of likely N-dealkylation sites (N-methyl/N-ethyl adjacent to an activating group) is 1. The number of oxime groups is 1. The fourth-order valence-electron chi connectivity index (χ4n) is 9.13. The van der Waals surface area contributed by atoms with E-state index in [0.717, 1.165) is 61.8 Å². The topological polar surface area (TPSA) is 139 Å². The lowest BCUT2D eigenvalue weighted by Gasteiger charge is -2.59. The number of fused-ring (bicyclic) bond motifs is 2. The number of carbonyl (C=O) groups is 2. The van der Waals surface area contributed by atoms with Gasteiger partial charge in [-0.1, -0.05) is 88.4 Å². The predicted molar refractivity (Wildman–Crippen MR) is 216 cm³/mol. The molecule has 4 rings (SSSR count). The summed E-state index contributed by atoms with van der Waals surface area (Å²) in [5, 5.41) is 26.9. The quantitative estimate of drug-likeness (QED) is 0.0512. The van der Waals surface area contributed by atoms with Crippen molar-refractivity contribution in [2.75, 3.05) is 40.5 Å². The second-order valence-corrected chi connectivity index (χ2v) is 15.5. The fourth-order valence-corrected chi connectivity index (χ4v) is 9.13. The molecule has 6 atom stereocenters. The molecule has 11 heteroatoms. The minimum Gasteiger partial charge on any atom is -0.459 e. The number of rotatable bonds is 25. The van der Waals surface area contributed by atoms with Crippen molar-refractivity contribution in [1.82, 2.24) is 10.2 Å². The molecule has 3 N–H and O–H groups in total.